The number of carbonyl (C=O) groups is 2. The van der Waals surface area contributed by atoms with E-state index in [9.17, 15) is 18.4 Å². The van der Waals surface area contributed by atoms with Gasteiger partial charge in [0.2, 0.25) is 5.91 Å². The van der Waals surface area contributed by atoms with Gasteiger partial charge < -0.3 is 15.4 Å². The number of benzene rings is 1. The number of ether oxygens (including phenoxy) is 1. The fraction of sp³-hybridized carbons (Fsp3) is 0.400. The van der Waals surface area contributed by atoms with E-state index in [1.807, 2.05) is 11.4 Å². The van der Waals surface area contributed by atoms with Crippen molar-refractivity contribution in [2.75, 3.05) is 19.6 Å². The van der Waals surface area contributed by atoms with E-state index in [1.165, 1.54) is 23.5 Å². The van der Waals surface area contributed by atoms with Crippen LogP contribution >= 0.6 is 11.3 Å². The summed E-state index contributed by atoms with van der Waals surface area (Å²) >= 11 is 1.42. The molecular weight excluding hydrogens is 400 g/mol. The fourth-order valence-corrected chi connectivity index (χ4v) is 3.77. The molecule has 1 aromatic carbocycles. The predicted molar refractivity (Wildman–Crippen MR) is 106 cm³/mol. The van der Waals surface area contributed by atoms with Crippen molar-refractivity contribution in [3.8, 4) is 5.75 Å². The summed E-state index contributed by atoms with van der Waals surface area (Å²) in [7, 11) is 0. The van der Waals surface area contributed by atoms with Crippen LogP contribution in [0.25, 0.3) is 0 Å². The van der Waals surface area contributed by atoms with Gasteiger partial charge in [0.1, 0.15) is 5.75 Å². The third-order valence-electron chi connectivity index (χ3n) is 4.67. The van der Waals surface area contributed by atoms with Crippen LogP contribution in [0.3, 0.4) is 0 Å². The molecular formula is C20H23F2N3O3S. The molecule has 0 aliphatic carbocycles. The monoisotopic (exact) mass is 423 g/mol. The van der Waals surface area contributed by atoms with E-state index in [2.05, 4.69) is 20.3 Å². The molecule has 1 saturated heterocycles. The molecule has 156 valence electrons. The van der Waals surface area contributed by atoms with Crippen LogP contribution in [-0.4, -0.2) is 49.0 Å². The number of likely N-dealkylation sites (tertiary alicyclic amines) is 1. The van der Waals surface area contributed by atoms with E-state index in [1.54, 1.807) is 18.2 Å². The summed E-state index contributed by atoms with van der Waals surface area (Å²) in [4.78, 5) is 27.0. The topological polar surface area (TPSA) is 70.7 Å². The molecule has 2 heterocycles. The maximum Gasteiger partial charge on any atom is 0.387 e. The smallest absolute Gasteiger partial charge is 0.387 e. The molecule has 2 aromatic rings. The minimum atomic E-state index is -2.85. The lowest BCUT2D eigenvalue weighted by molar-refractivity contribution is -0.122. The summed E-state index contributed by atoms with van der Waals surface area (Å²) in [6.45, 7) is -0.766. The van der Waals surface area contributed by atoms with Crippen LogP contribution in [0.5, 0.6) is 5.75 Å². The van der Waals surface area contributed by atoms with Crippen molar-refractivity contribution in [3.05, 3.63) is 52.2 Å². The van der Waals surface area contributed by atoms with Gasteiger partial charge in [-0.2, -0.15) is 8.78 Å². The fourth-order valence-electron chi connectivity index (χ4n) is 3.15. The zero-order valence-electron chi connectivity index (χ0n) is 15.8. The largest absolute Gasteiger partial charge is 0.435 e. The first-order valence-electron chi connectivity index (χ1n) is 9.37. The van der Waals surface area contributed by atoms with Crippen molar-refractivity contribution in [3.63, 3.8) is 0 Å². The highest BCUT2D eigenvalue weighted by atomic mass is 32.1. The lowest BCUT2D eigenvalue weighted by atomic mass is 10.0. The average molecular weight is 423 g/mol. The zero-order chi connectivity index (χ0) is 20.6. The molecule has 0 unspecified atom stereocenters. The highest BCUT2D eigenvalue weighted by molar-refractivity contribution is 7.12. The number of thiophene rings is 1. The van der Waals surface area contributed by atoms with Crippen molar-refractivity contribution in [2.24, 2.45) is 0 Å². The first-order chi connectivity index (χ1) is 14.0. The molecule has 1 fully saturated rings. The van der Waals surface area contributed by atoms with E-state index >= 15 is 0 Å². The summed E-state index contributed by atoms with van der Waals surface area (Å²) in [5.74, 6) is -0.0516. The molecule has 0 spiro atoms. The van der Waals surface area contributed by atoms with Crippen molar-refractivity contribution in [1.29, 1.82) is 0 Å². The second kappa shape index (κ2) is 10.3. The van der Waals surface area contributed by atoms with E-state index in [0.717, 1.165) is 31.5 Å². The van der Waals surface area contributed by atoms with Crippen molar-refractivity contribution < 1.29 is 23.1 Å². The Morgan fingerprint density at radius 1 is 1.17 bits per heavy atom. The number of piperidine rings is 1. The molecule has 3 rings (SSSR count). The molecule has 1 aromatic heterocycles. The number of hydrogen-bond donors (Lipinski definition) is 2. The SMILES string of the molecule is O=C(CN1CCC(NC(=O)c2cccs2)CC1)NCc1ccc(OC(F)F)cc1. The molecule has 0 radical (unpaired) electrons. The van der Waals surface area contributed by atoms with Crippen molar-refractivity contribution >= 4 is 23.2 Å². The summed E-state index contributed by atoms with van der Waals surface area (Å²) < 4.78 is 28.6. The van der Waals surface area contributed by atoms with Crippen LogP contribution in [-0.2, 0) is 11.3 Å². The normalized spacial score (nSPS) is 15.3. The van der Waals surface area contributed by atoms with Crippen LogP contribution in [0.2, 0.25) is 0 Å². The van der Waals surface area contributed by atoms with Gasteiger partial charge >= 0.3 is 6.61 Å². The lowest BCUT2D eigenvalue weighted by Crippen LogP contribution is -2.47. The highest BCUT2D eigenvalue weighted by Crippen LogP contribution is 2.15. The molecule has 0 saturated carbocycles. The van der Waals surface area contributed by atoms with Gasteiger partial charge in [0.05, 0.1) is 11.4 Å². The van der Waals surface area contributed by atoms with Crippen LogP contribution in [0.4, 0.5) is 8.78 Å². The highest BCUT2D eigenvalue weighted by Gasteiger charge is 2.22. The zero-order valence-corrected chi connectivity index (χ0v) is 16.6. The van der Waals surface area contributed by atoms with Gasteiger partial charge in [-0.15, -0.1) is 11.3 Å². The Labute approximate surface area is 171 Å². The molecule has 29 heavy (non-hydrogen) atoms. The second-order valence-corrected chi connectivity index (χ2v) is 7.75. The number of hydrogen-bond acceptors (Lipinski definition) is 5. The van der Waals surface area contributed by atoms with E-state index < -0.39 is 6.61 Å². The number of nitrogens with one attached hydrogen (secondary N) is 2. The van der Waals surface area contributed by atoms with Crippen molar-refractivity contribution in [2.45, 2.75) is 32.0 Å². The first kappa shape index (κ1) is 21.2. The Bertz CT molecular complexity index is 792. The third-order valence-corrected chi connectivity index (χ3v) is 5.54. The molecule has 2 amide bonds. The van der Waals surface area contributed by atoms with Gasteiger partial charge in [-0.05, 0) is 42.0 Å². The Morgan fingerprint density at radius 3 is 2.52 bits per heavy atom. The van der Waals surface area contributed by atoms with E-state index in [4.69, 9.17) is 0 Å². The maximum absolute atomic E-state index is 12.2. The number of carbonyl (C=O) groups excluding carboxylic acids is 2. The number of alkyl halides is 2. The molecule has 1 aliphatic heterocycles. The summed E-state index contributed by atoms with van der Waals surface area (Å²) in [5, 5.41) is 7.75. The Hall–Kier alpha value is -2.52. The van der Waals surface area contributed by atoms with Gasteiger partial charge in [-0.3, -0.25) is 14.5 Å². The predicted octanol–water partition coefficient (Wildman–Crippen LogP) is 2.86. The van der Waals surface area contributed by atoms with Crippen LogP contribution in [0.15, 0.2) is 41.8 Å². The Kier molecular flexibility index (Phi) is 7.54. The minimum Gasteiger partial charge on any atom is -0.435 e. The summed E-state index contributed by atoms with van der Waals surface area (Å²) in [5.41, 5.74) is 0.801. The molecule has 1 aliphatic rings. The minimum absolute atomic E-state index is 0.0406. The van der Waals surface area contributed by atoms with E-state index in [0.29, 0.717) is 11.4 Å². The van der Waals surface area contributed by atoms with Crippen LogP contribution in [0.1, 0.15) is 28.1 Å². The van der Waals surface area contributed by atoms with Gasteiger partial charge in [0, 0.05) is 25.7 Å². The number of amides is 2. The number of rotatable bonds is 8. The first-order valence-corrected chi connectivity index (χ1v) is 10.2. The van der Waals surface area contributed by atoms with Crippen LogP contribution in [0, 0.1) is 0 Å². The maximum atomic E-state index is 12.2. The molecule has 0 bridgehead atoms. The van der Waals surface area contributed by atoms with E-state index in [-0.39, 0.29) is 30.2 Å². The number of halogens is 2. The second-order valence-electron chi connectivity index (χ2n) is 6.80. The van der Waals surface area contributed by atoms with Gasteiger partial charge in [-0.25, -0.2) is 0 Å². The Morgan fingerprint density at radius 2 is 1.90 bits per heavy atom. The number of nitrogens with zero attached hydrogens (tertiary/aromatic N) is 1. The molecule has 2 N–H and O–H groups in total. The van der Waals surface area contributed by atoms with Crippen LogP contribution < -0.4 is 15.4 Å². The van der Waals surface area contributed by atoms with Crippen molar-refractivity contribution in [1.82, 2.24) is 15.5 Å². The standard InChI is InChI=1S/C20H23F2N3O3S/c21-20(22)28-16-5-3-14(4-6-16)12-23-18(26)13-25-9-7-15(8-10-25)24-19(27)17-2-1-11-29-17/h1-6,11,15,20H,7-10,12-13H2,(H,23,26)(H,24,27). The summed E-state index contributed by atoms with van der Waals surface area (Å²) in [6.07, 6.45) is 1.60. The molecule has 9 heteroatoms. The molecule has 0 atom stereocenters. The summed E-state index contributed by atoms with van der Waals surface area (Å²) in [6, 6.07) is 9.95. The average Bonchev–Trinajstić information content (AvgIpc) is 3.24. The Balaban J connectivity index is 1.35. The quantitative estimate of drug-likeness (QED) is 0.685. The van der Waals surface area contributed by atoms with Gasteiger partial charge in [0.25, 0.3) is 5.91 Å². The van der Waals surface area contributed by atoms with Gasteiger partial charge in [0.15, 0.2) is 0 Å². The van der Waals surface area contributed by atoms with Gasteiger partial charge in [-0.1, -0.05) is 18.2 Å². The lowest BCUT2D eigenvalue weighted by Gasteiger charge is -2.31. The third kappa shape index (κ3) is 6.79. The molecule has 6 nitrogen and oxygen atoms in total.